The lowest BCUT2D eigenvalue weighted by Gasteiger charge is -2.25. The number of hydrogen-bond donors (Lipinski definition) is 8. The Kier molecular flexibility index (Phi) is 22.1. The minimum atomic E-state index is -2.60. The summed E-state index contributed by atoms with van der Waals surface area (Å²) in [6.45, 7) is -0.563. The maximum absolute atomic E-state index is 13.8. The second-order valence-electron chi connectivity index (χ2n) is 14.1. The smallest absolute Gasteiger partial charge is 0.408 e. The van der Waals surface area contributed by atoms with Gasteiger partial charge in [-0.3, -0.25) is 33.6 Å². The quantitative estimate of drug-likeness (QED) is 0.0330. The van der Waals surface area contributed by atoms with Crippen molar-refractivity contribution >= 4 is 53.7 Å². The molecule has 2 rings (SSSR count). The summed E-state index contributed by atoms with van der Waals surface area (Å²) in [5.74, 6) is -9.06. The fourth-order valence-electron chi connectivity index (χ4n) is 5.77. The number of carbonyl (C=O) groups is 9. The molecular weight excluding hydrogens is 820 g/mol. The molecule has 2 aromatic carbocycles. The second-order valence-corrected chi connectivity index (χ2v) is 14.1. The van der Waals surface area contributed by atoms with Crippen LogP contribution in [0.4, 0.5) is 4.79 Å². The van der Waals surface area contributed by atoms with E-state index in [4.69, 9.17) is 9.47 Å². The number of benzene rings is 2. The van der Waals surface area contributed by atoms with Crippen LogP contribution < -0.4 is 21.3 Å². The standard InChI is InChI=1S/C41H54N4O17/c1-59-33(50)23-40(57,21-31(46)47)37(54)42-19-11-9-17-29(45-39(56)62-26-28-15-7-4-8-16-28)35(52)44-30(36(53)61-25-27-13-5-3-6-14-27)18-10-12-20-43-38(55)41(58,22-32(48)49)24-34(51)60-2/h3-8,13-16,29-30,57-58H,9-12,17-26H2,1-2H3,(H,42,54)(H,43,55)(H,44,52)(H,45,56)(H,46,47)(H,48,49)/t29-,30-,40?,41?/m0/s1. The Labute approximate surface area is 356 Å². The first-order valence-electron chi connectivity index (χ1n) is 19.5. The zero-order valence-corrected chi connectivity index (χ0v) is 34.4. The predicted octanol–water partition coefficient (Wildman–Crippen LogP) is 0.620. The predicted molar refractivity (Wildman–Crippen MR) is 213 cm³/mol. The van der Waals surface area contributed by atoms with Crippen LogP contribution in [0.1, 0.15) is 75.3 Å². The number of aliphatic hydroxyl groups is 2. The van der Waals surface area contributed by atoms with E-state index in [1.165, 1.54) is 0 Å². The summed E-state index contributed by atoms with van der Waals surface area (Å²) < 4.78 is 19.7. The van der Waals surface area contributed by atoms with E-state index in [2.05, 4.69) is 30.7 Å². The molecule has 8 N–H and O–H groups in total. The van der Waals surface area contributed by atoms with Gasteiger partial charge in [0.2, 0.25) is 5.91 Å². The van der Waals surface area contributed by atoms with Crippen molar-refractivity contribution in [3.8, 4) is 0 Å². The molecule has 2 aromatic rings. The van der Waals surface area contributed by atoms with Crippen LogP contribution in [0.15, 0.2) is 60.7 Å². The Morgan fingerprint density at radius 3 is 1.40 bits per heavy atom. The number of amides is 4. The fourth-order valence-corrected chi connectivity index (χ4v) is 5.77. The molecule has 0 aromatic heterocycles. The van der Waals surface area contributed by atoms with Crippen LogP contribution in [0.2, 0.25) is 0 Å². The molecule has 0 spiro atoms. The monoisotopic (exact) mass is 874 g/mol. The lowest BCUT2D eigenvalue weighted by molar-refractivity contribution is -0.160. The largest absolute Gasteiger partial charge is 0.481 e. The van der Waals surface area contributed by atoms with Crippen LogP contribution in [-0.2, 0) is 70.5 Å². The summed E-state index contributed by atoms with van der Waals surface area (Å²) in [6.07, 6.45) is -4.54. The van der Waals surface area contributed by atoms with E-state index >= 15 is 0 Å². The highest BCUT2D eigenvalue weighted by atomic mass is 16.6. The van der Waals surface area contributed by atoms with Gasteiger partial charge >= 0.3 is 35.9 Å². The van der Waals surface area contributed by atoms with Gasteiger partial charge in [0, 0.05) is 13.1 Å². The molecule has 62 heavy (non-hydrogen) atoms. The number of methoxy groups -OCH3 is 2. The molecule has 2 unspecified atom stereocenters. The lowest BCUT2D eigenvalue weighted by Crippen LogP contribution is -2.52. The third kappa shape index (κ3) is 19.2. The molecule has 0 saturated carbocycles. The van der Waals surface area contributed by atoms with Crippen molar-refractivity contribution in [3.63, 3.8) is 0 Å². The van der Waals surface area contributed by atoms with E-state index < -0.39 is 103 Å². The first-order valence-corrected chi connectivity index (χ1v) is 19.5. The van der Waals surface area contributed by atoms with Crippen molar-refractivity contribution in [3.05, 3.63) is 71.8 Å². The summed E-state index contributed by atoms with van der Waals surface area (Å²) in [6, 6.07) is 14.7. The Balaban J connectivity index is 2.18. The number of alkyl carbamates (subject to hydrolysis) is 1. The van der Waals surface area contributed by atoms with Gasteiger partial charge in [-0.2, -0.15) is 0 Å². The van der Waals surface area contributed by atoms with Gasteiger partial charge in [0.15, 0.2) is 11.2 Å². The molecule has 0 saturated heterocycles. The van der Waals surface area contributed by atoms with E-state index in [9.17, 15) is 63.6 Å². The lowest BCUT2D eigenvalue weighted by atomic mass is 9.94. The highest BCUT2D eigenvalue weighted by molar-refractivity contribution is 5.94. The molecule has 0 aliphatic rings. The number of ether oxygens (including phenoxy) is 4. The Morgan fingerprint density at radius 2 is 0.984 bits per heavy atom. The third-order valence-electron chi connectivity index (χ3n) is 9.12. The molecule has 0 radical (unpaired) electrons. The zero-order chi connectivity index (χ0) is 46.1. The molecule has 21 nitrogen and oxygen atoms in total. The number of carbonyl (C=O) groups excluding carboxylic acids is 7. The second kappa shape index (κ2) is 26.6. The topological polar surface area (TPSA) is 320 Å². The SMILES string of the molecule is COC(=O)CC(O)(CC(=O)O)C(=O)NCCCC[C@H](NC(=O)OCc1ccccc1)C(=O)N[C@@H](CCCCNC(=O)C(O)(CC(=O)O)CC(=O)OC)C(=O)OCc1ccccc1. The van der Waals surface area contributed by atoms with Crippen molar-refractivity contribution in [2.75, 3.05) is 27.3 Å². The number of nitrogens with one attached hydrogen (secondary N) is 4. The Bertz CT molecular complexity index is 1830. The molecule has 0 bridgehead atoms. The van der Waals surface area contributed by atoms with Crippen LogP contribution in [0.3, 0.4) is 0 Å². The summed E-state index contributed by atoms with van der Waals surface area (Å²) in [7, 11) is 2.01. The van der Waals surface area contributed by atoms with Gasteiger partial charge in [-0.05, 0) is 49.7 Å². The molecule has 0 aliphatic heterocycles. The van der Waals surface area contributed by atoms with Crippen molar-refractivity contribution in [2.45, 2.75) is 101 Å². The van der Waals surface area contributed by atoms with Crippen molar-refractivity contribution in [1.29, 1.82) is 0 Å². The average Bonchev–Trinajstić information content (AvgIpc) is 3.23. The summed E-state index contributed by atoms with van der Waals surface area (Å²) in [5, 5.41) is 49.4. The van der Waals surface area contributed by atoms with Gasteiger partial charge in [-0.15, -0.1) is 0 Å². The van der Waals surface area contributed by atoms with Crippen LogP contribution in [-0.4, -0.2) is 125 Å². The maximum atomic E-state index is 13.8. The molecule has 4 atom stereocenters. The number of rotatable bonds is 28. The first-order chi connectivity index (χ1) is 29.4. The van der Waals surface area contributed by atoms with Crippen molar-refractivity contribution < 1.29 is 82.5 Å². The van der Waals surface area contributed by atoms with E-state index in [0.717, 1.165) is 14.2 Å². The van der Waals surface area contributed by atoms with Gasteiger partial charge in [-0.25, -0.2) is 9.59 Å². The minimum absolute atomic E-state index is 0.0567. The van der Waals surface area contributed by atoms with Crippen molar-refractivity contribution in [1.82, 2.24) is 21.3 Å². The number of unbranched alkanes of at least 4 members (excludes halogenated alkanes) is 2. The van der Waals surface area contributed by atoms with Crippen LogP contribution in [0.5, 0.6) is 0 Å². The fraction of sp³-hybridized carbons (Fsp3) is 0.488. The molecule has 0 heterocycles. The van der Waals surface area contributed by atoms with Crippen LogP contribution >= 0.6 is 0 Å². The average molecular weight is 875 g/mol. The highest BCUT2D eigenvalue weighted by Crippen LogP contribution is 2.19. The number of aliphatic carboxylic acids is 2. The molecule has 340 valence electrons. The van der Waals surface area contributed by atoms with Gasteiger partial charge in [-0.1, -0.05) is 60.7 Å². The van der Waals surface area contributed by atoms with E-state index in [1.807, 2.05) is 0 Å². The highest BCUT2D eigenvalue weighted by Gasteiger charge is 2.42. The zero-order valence-electron chi connectivity index (χ0n) is 34.4. The van der Waals surface area contributed by atoms with Gasteiger partial charge < -0.3 is 60.6 Å². The molecule has 0 fully saturated rings. The molecule has 0 aliphatic carbocycles. The summed E-state index contributed by atoms with van der Waals surface area (Å²) >= 11 is 0. The van der Waals surface area contributed by atoms with Crippen LogP contribution in [0.25, 0.3) is 0 Å². The molecular formula is C41H54N4O17. The molecule has 4 amide bonds. The number of hydrogen-bond acceptors (Lipinski definition) is 15. The van der Waals surface area contributed by atoms with Gasteiger partial charge in [0.25, 0.3) is 11.8 Å². The number of esters is 3. The molecule has 21 heteroatoms. The Morgan fingerprint density at radius 1 is 0.565 bits per heavy atom. The summed E-state index contributed by atoms with van der Waals surface area (Å²) in [4.78, 5) is 112. The normalized spacial score (nSPS) is 13.6. The number of carboxylic acids is 2. The minimum Gasteiger partial charge on any atom is -0.481 e. The number of carboxylic acid groups (broad SMARTS) is 2. The third-order valence-corrected chi connectivity index (χ3v) is 9.12. The van der Waals surface area contributed by atoms with E-state index in [0.29, 0.717) is 11.1 Å². The van der Waals surface area contributed by atoms with Gasteiger partial charge in [0.1, 0.15) is 25.3 Å². The Hall–Kier alpha value is -6.61. The van der Waals surface area contributed by atoms with Crippen molar-refractivity contribution in [2.24, 2.45) is 0 Å². The first kappa shape index (κ1) is 51.5. The van der Waals surface area contributed by atoms with E-state index in [-0.39, 0.29) is 64.8 Å². The van der Waals surface area contributed by atoms with Crippen LogP contribution in [0, 0.1) is 0 Å². The van der Waals surface area contributed by atoms with E-state index in [1.54, 1.807) is 60.7 Å². The van der Waals surface area contributed by atoms with Gasteiger partial charge in [0.05, 0.1) is 39.9 Å². The summed E-state index contributed by atoms with van der Waals surface area (Å²) in [5.41, 5.74) is -3.90. The maximum Gasteiger partial charge on any atom is 0.408 e.